The lowest BCUT2D eigenvalue weighted by molar-refractivity contribution is -0.117. The van der Waals surface area contributed by atoms with Crippen LogP contribution in [-0.4, -0.2) is 5.78 Å². The van der Waals surface area contributed by atoms with Crippen LogP contribution in [0.15, 0.2) is 23.3 Å². The summed E-state index contributed by atoms with van der Waals surface area (Å²) in [6, 6.07) is 0. The van der Waals surface area contributed by atoms with Gasteiger partial charge in [-0.2, -0.15) is 0 Å². The molecule has 0 bridgehead atoms. The second kappa shape index (κ2) is 4.99. The Bertz CT molecular complexity index is 329. The van der Waals surface area contributed by atoms with E-state index in [2.05, 4.69) is 26.8 Å². The van der Waals surface area contributed by atoms with Crippen LogP contribution >= 0.6 is 0 Å². The summed E-state index contributed by atoms with van der Waals surface area (Å²) in [7, 11) is 0. The van der Waals surface area contributed by atoms with Crippen molar-refractivity contribution >= 4 is 5.78 Å². The maximum Gasteiger partial charge on any atom is 0.158 e. The molecule has 0 aromatic heterocycles. The van der Waals surface area contributed by atoms with Crippen molar-refractivity contribution in [1.82, 2.24) is 0 Å². The van der Waals surface area contributed by atoms with Crippen LogP contribution in [0.4, 0.5) is 0 Å². The second-order valence-corrected chi connectivity index (χ2v) is 5.82. The zero-order valence-corrected chi connectivity index (χ0v) is 11.3. The van der Waals surface area contributed by atoms with E-state index in [0.29, 0.717) is 0 Å². The molecular weight excluding hydrogens is 196 g/mol. The number of ketones is 1. The molecule has 0 amide bonds. The van der Waals surface area contributed by atoms with Crippen LogP contribution in [0.3, 0.4) is 0 Å². The molecule has 90 valence electrons. The van der Waals surface area contributed by atoms with E-state index in [1.165, 1.54) is 30.4 Å². The fourth-order valence-corrected chi connectivity index (χ4v) is 2.37. The molecule has 0 aromatic carbocycles. The molecule has 0 radical (unpaired) electrons. The van der Waals surface area contributed by atoms with Gasteiger partial charge in [0, 0.05) is 5.92 Å². The third-order valence-electron chi connectivity index (χ3n) is 3.53. The van der Waals surface area contributed by atoms with E-state index in [-0.39, 0.29) is 17.1 Å². The molecule has 1 heteroatoms. The highest BCUT2D eigenvalue weighted by atomic mass is 16.1. The van der Waals surface area contributed by atoms with E-state index in [0.717, 1.165) is 0 Å². The van der Waals surface area contributed by atoms with Gasteiger partial charge in [-0.3, -0.25) is 4.79 Å². The van der Waals surface area contributed by atoms with Gasteiger partial charge in [-0.1, -0.05) is 39.3 Å². The molecule has 0 aromatic rings. The molecule has 0 fully saturated rings. The first-order chi connectivity index (χ1) is 7.34. The lowest BCUT2D eigenvalue weighted by Gasteiger charge is -2.32. The minimum absolute atomic E-state index is 0.101. The fraction of sp³-hybridized carbons (Fsp3) is 0.667. The van der Waals surface area contributed by atoms with E-state index < -0.39 is 0 Å². The Hall–Kier alpha value is -0.850. The van der Waals surface area contributed by atoms with Crippen molar-refractivity contribution in [2.45, 2.75) is 53.9 Å². The molecule has 1 aliphatic rings. The Balaban J connectivity index is 2.90. The van der Waals surface area contributed by atoms with Crippen molar-refractivity contribution in [1.29, 1.82) is 0 Å². The summed E-state index contributed by atoms with van der Waals surface area (Å²) in [5, 5.41) is 0. The molecular formula is C15H24O. The summed E-state index contributed by atoms with van der Waals surface area (Å²) in [6.45, 7) is 10.6. The molecule has 16 heavy (non-hydrogen) atoms. The van der Waals surface area contributed by atoms with Gasteiger partial charge >= 0.3 is 0 Å². The van der Waals surface area contributed by atoms with E-state index in [9.17, 15) is 4.79 Å². The Morgan fingerprint density at radius 3 is 2.50 bits per heavy atom. The SMILES string of the molecule is CC1=C(/C=C/C(=O)C(C)C)C(C)(C)CCC1. The van der Waals surface area contributed by atoms with Crippen LogP contribution in [0.1, 0.15) is 53.9 Å². The number of hydrogen-bond acceptors (Lipinski definition) is 1. The second-order valence-electron chi connectivity index (χ2n) is 5.82. The summed E-state index contributed by atoms with van der Waals surface area (Å²) in [6.07, 6.45) is 7.49. The van der Waals surface area contributed by atoms with Gasteiger partial charge in [0.2, 0.25) is 0 Å². The zero-order chi connectivity index (χ0) is 12.3. The van der Waals surface area contributed by atoms with Crippen molar-refractivity contribution in [2.75, 3.05) is 0 Å². The number of hydrogen-bond donors (Lipinski definition) is 0. The van der Waals surface area contributed by atoms with Gasteiger partial charge in [0.25, 0.3) is 0 Å². The fourth-order valence-electron chi connectivity index (χ4n) is 2.37. The van der Waals surface area contributed by atoms with E-state index in [1.54, 1.807) is 6.08 Å². The van der Waals surface area contributed by atoms with Crippen LogP contribution in [-0.2, 0) is 4.79 Å². The number of rotatable bonds is 3. The normalized spacial score (nSPS) is 20.9. The van der Waals surface area contributed by atoms with Crippen LogP contribution in [0.2, 0.25) is 0 Å². The molecule has 1 nitrogen and oxygen atoms in total. The summed E-state index contributed by atoms with van der Waals surface area (Å²) in [5.74, 6) is 0.325. The zero-order valence-electron chi connectivity index (χ0n) is 11.3. The highest BCUT2D eigenvalue weighted by Gasteiger charge is 2.26. The third-order valence-corrected chi connectivity index (χ3v) is 3.53. The molecule has 0 spiro atoms. The molecule has 0 N–H and O–H groups in total. The third kappa shape index (κ3) is 3.07. The van der Waals surface area contributed by atoms with E-state index >= 15 is 0 Å². The smallest absolute Gasteiger partial charge is 0.158 e. The van der Waals surface area contributed by atoms with Crippen molar-refractivity contribution in [3.63, 3.8) is 0 Å². The highest BCUT2D eigenvalue weighted by molar-refractivity contribution is 5.91. The van der Waals surface area contributed by atoms with E-state index in [1.807, 2.05) is 13.8 Å². The maximum atomic E-state index is 11.6. The summed E-state index contributed by atoms with van der Waals surface area (Å²) >= 11 is 0. The predicted octanol–water partition coefficient (Wildman–Crippen LogP) is 4.29. The average Bonchev–Trinajstić information content (AvgIpc) is 2.15. The monoisotopic (exact) mass is 220 g/mol. The Labute approximate surface area is 99.6 Å². The largest absolute Gasteiger partial charge is 0.295 e. The number of carbonyl (C=O) groups is 1. The maximum absolute atomic E-state index is 11.6. The van der Waals surface area contributed by atoms with Crippen molar-refractivity contribution in [2.24, 2.45) is 11.3 Å². The van der Waals surface area contributed by atoms with Crippen LogP contribution < -0.4 is 0 Å². The lowest BCUT2D eigenvalue weighted by Crippen LogP contribution is -2.19. The quantitative estimate of drug-likeness (QED) is 0.648. The topological polar surface area (TPSA) is 17.1 Å². The minimum Gasteiger partial charge on any atom is -0.295 e. The summed E-state index contributed by atoms with van der Waals surface area (Å²) < 4.78 is 0. The van der Waals surface area contributed by atoms with E-state index in [4.69, 9.17) is 0 Å². The summed E-state index contributed by atoms with van der Waals surface area (Å²) in [5.41, 5.74) is 3.05. The molecule has 0 aliphatic heterocycles. The molecule has 0 saturated carbocycles. The van der Waals surface area contributed by atoms with Crippen LogP contribution in [0.25, 0.3) is 0 Å². The Morgan fingerprint density at radius 2 is 2.00 bits per heavy atom. The molecule has 0 unspecified atom stereocenters. The average molecular weight is 220 g/mol. The highest BCUT2D eigenvalue weighted by Crippen LogP contribution is 2.40. The lowest BCUT2D eigenvalue weighted by atomic mass is 9.72. The van der Waals surface area contributed by atoms with Crippen molar-refractivity contribution in [3.8, 4) is 0 Å². The molecule has 1 rings (SSSR count). The standard InChI is InChI=1S/C15H24O/c1-11(2)14(16)9-8-13-12(3)7-6-10-15(13,4)5/h8-9,11H,6-7,10H2,1-5H3/b9-8+. The van der Waals surface area contributed by atoms with Gasteiger partial charge in [0.1, 0.15) is 0 Å². The Morgan fingerprint density at radius 1 is 1.38 bits per heavy atom. The first kappa shape index (κ1) is 13.2. The van der Waals surface area contributed by atoms with Gasteiger partial charge < -0.3 is 0 Å². The summed E-state index contributed by atoms with van der Waals surface area (Å²) in [4.78, 5) is 11.6. The Kier molecular flexibility index (Phi) is 4.12. The minimum atomic E-state index is 0.101. The van der Waals surface area contributed by atoms with Gasteiger partial charge in [-0.15, -0.1) is 0 Å². The molecule has 1 aliphatic carbocycles. The number of carbonyl (C=O) groups excluding carboxylic acids is 1. The first-order valence-corrected chi connectivity index (χ1v) is 6.27. The predicted molar refractivity (Wildman–Crippen MR) is 69.3 cm³/mol. The molecule has 0 atom stereocenters. The van der Waals surface area contributed by atoms with Gasteiger partial charge in [-0.25, -0.2) is 0 Å². The number of allylic oxidation sites excluding steroid dienone is 4. The molecule has 0 heterocycles. The van der Waals surface area contributed by atoms with Gasteiger partial charge in [0.05, 0.1) is 0 Å². The van der Waals surface area contributed by atoms with Crippen LogP contribution in [0.5, 0.6) is 0 Å². The van der Waals surface area contributed by atoms with Gasteiger partial charge in [-0.05, 0) is 43.3 Å². The van der Waals surface area contributed by atoms with Gasteiger partial charge in [0.15, 0.2) is 5.78 Å². The van der Waals surface area contributed by atoms with Crippen LogP contribution in [0, 0.1) is 11.3 Å². The van der Waals surface area contributed by atoms with Crippen molar-refractivity contribution in [3.05, 3.63) is 23.3 Å². The van der Waals surface area contributed by atoms with Crippen molar-refractivity contribution < 1.29 is 4.79 Å². The molecule has 0 saturated heterocycles. The first-order valence-electron chi connectivity index (χ1n) is 6.27.